The third-order valence-corrected chi connectivity index (χ3v) is 4.24. The maximum absolute atomic E-state index is 5.27. The molecule has 0 aliphatic heterocycles. The van der Waals surface area contributed by atoms with Crippen LogP contribution in [0.25, 0.3) is 33.2 Å². The van der Waals surface area contributed by atoms with E-state index in [1.165, 1.54) is 11.1 Å². The SMILES string of the molecule is COc1ccc(-c2cnc3ccccc3c2-c2ccccc2)cc1. The molecular formula is C22H17NO. The summed E-state index contributed by atoms with van der Waals surface area (Å²) in [6.45, 7) is 0. The van der Waals surface area contributed by atoms with E-state index in [2.05, 4.69) is 59.6 Å². The number of aromatic nitrogens is 1. The van der Waals surface area contributed by atoms with Crippen LogP contribution in [-0.4, -0.2) is 12.1 Å². The van der Waals surface area contributed by atoms with E-state index in [0.29, 0.717) is 0 Å². The number of ether oxygens (including phenoxy) is 1. The van der Waals surface area contributed by atoms with E-state index in [4.69, 9.17) is 4.74 Å². The lowest BCUT2D eigenvalue weighted by Gasteiger charge is -2.13. The van der Waals surface area contributed by atoms with Gasteiger partial charge in [0.2, 0.25) is 0 Å². The molecule has 1 heterocycles. The molecule has 24 heavy (non-hydrogen) atoms. The predicted octanol–water partition coefficient (Wildman–Crippen LogP) is 5.58. The van der Waals surface area contributed by atoms with Crippen LogP contribution in [0.1, 0.15) is 0 Å². The van der Waals surface area contributed by atoms with Crippen LogP contribution in [0.2, 0.25) is 0 Å². The van der Waals surface area contributed by atoms with Crippen molar-refractivity contribution in [3.05, 3.63) is 85.1 Å². The maximum Gasteiger partial charge on any atom is 0.118 e. The highest BCUT2D eigenvalue weighted by molar-refractivity contribution is 6.02. The van der Waals surface area contributed by atoms with Crippen molar-refractivity contribution in [3.63, 3.8) is 0 Å². The number of pyridine rings is 1. The Kier molecular flexibility index (Phi) is 3.72. The van der Waals surface area contributed by atoms with Gasteiger partial charge in [0.05, 0.1) is 12.6 Å². The highest BCUT2D eigenvalue weighted by Gasteiger charge is 2.12. The second-order valence-corrected chi connectivity index (χ2v) is 5.66. The first-order chi connectivity index (χ1) is 11.9. The number of hydrogen-bond donors (Lipinski definition) is 0. The van der Waals surface area contributed by atoms with Crippen molar-refractivity contribution in [3.8, 4) is 28.0 Å². The standard InChI is InChI=1S/C22H17NO/c1-24-18-13-11-16(12-14-18)20-15-23-21-10-6-5-9-19(21)22(20)17-7-3-2-4-8-17/h2-15H,1H3. The number of hydrogen-bond acceptors (Lipinski definition) is 2. The fraction of sp³-hybridized carbons (Fsp3) is 0.0455. The minimum absolute atomic E-state index is 0.855. The van der Waals surface area contributed by atoms with Gasteiger partial charge in [-0.1, -0.05) is 60.7 Å². The van der Waals surface area contributed by atoms with Gasteiger partial charge in [-0.05, 0) is 29.3 Å². The second kappa shape index (κ2) is 6.17. The lowest BCUT2D eigenvalue weighted by molar-refractivity contribution is 0.415. The largest absolute Gasteiger partial charge is 0.497 e. The van der Waals surface area contributed by atoms with Crippen LogP contribution in [0.3, 0.4) is 0 Å². The van der Waals surface area contributed by atoms with Gasteiger partial charge in [-0.3, -0.25) is 4.98 Å². The Balaban J connectivity index is 2.01. The summed E-state index contributed by atoms with van der Waals surface area (Å²) >= 11 is 0. The molecular weight excluding hydrogens is 294 g/mol. The molecule has 4 rings (SSSR count). The number of benzene rings is 3. The minimum Gasteiger partial charge on any atom is -0.497 e. The van der Waals surface area contributed by atoms with E-state index in [9.17, 15) is 0 Å². The Bertz CT molecular complexity index is 976. The molecule has 116 valence electrons. The molecule has 3 aromatic carbocycles. The molecule has 0 fully saturated rings. The van der Waals surface area contributed by atoms with Crippen molar-refractivity contribution in [2.24, 2.45) is 0 Å². The summed E-state index contributed by atoms with van der Waals surface area (Å²) in [6, 6.07) is 26.9. The second-order valence-electron chi connectivity index (χ2n) is 5.66. The quantitative estimate of drug-likeness (QED) is 0.493. The zero-order chi connectivity index (χ0) is 16.4. The van der Waals surface area contributed by atoms with Gasteiger partial charge in [0.25, 0.3) is 0 Å². The fourth-order valence-electron chi connectivity index (χ4n) is 3.05. The minimum atomic E-state index is 0.855. The van der Waals surface area contributed by atoms with Crippen LogP contribution in [0, 0.1) is 0 Å². The molecule has 0 spiro atoms. The van der Waals surface area contributed by atoms with Crippen molar-refractivity contribution in [2.45, 2.75) is 0 Å². The molecule has 4 aromatic rings. The van der Waals surface area contributed by atoms with Crippen LogP contribution < -0.4 is 4.74 Å². The van der Waals surface area contributed by atoms with Crippen LogP contribution >= 0.6 is 0 Å². The van der Waals surface area contributed by atoms with Crippen molar-refractivity contribution < 1.29 is 4.74 Å². The van der Waals surface area contributed by atoms with Gasteiger partial charge >= 0.3 is 0 Å². The van der Waals surface area contributed by atoms with Crippen LogP contribution in [0.4, 0.5) is 0 Å². The first kappa shape index (κ1) is 14.5. The van der Waals surface area contributed by atoms with Crippen molar-refractivity contribution in [1.29, 1.82) is 0 Å². The molecule has 0 bridgehead atoms. The Morgan fingerprint density at radius 1 is 0.708 bits per heavy atom. The molecule has 0 aliphatic rings. The summed E-state index contributed by atoms with van der Waals surface area (Å²) in [5.41, 5.74) is 5.68. The zero-order valence-corrected chi connectivity index (χ0v) is 13.4. The average molecular weight is 311 g/mol. The van der Waals surface area contributed by atoms with Gasteiger partial charge in [-0.25, -0.2) is 0 Å². The lowest BCUT2D eigenvalue weighted by atomic mass is 9.92. The van der Waals surface area contributed by atoms with Gasteiger partial charge in [0.15, 0.2) is 0 Å². The van der Waals surface area contributed by atoms with Crippen molar-refractivity contribution in [2.75, 3.05) is 7.11 Å². The highest BCUT2D eigenvalue weighted by Crippen LogP contribution is 2.37. The molecule has 0 unspecified atom stereocenters. The molecule has 2 nitrogen and oxygen atoms in total. The van der Waals surface area contributed by atoms with Crippen molar-refractivity contribution >= 4 is 10.9 Å². The van der Waals surface area contributed by atoms with Crippen molar-refractivity contribution in [1.82, 2.24) is 4.98 Å². The number of rotatable bonds is 3. The highest BCUT2D eigenvalue weighted by atomic mass is 16.5. The van der Waals surface area contributed by atoms with E-state index in [-0.39, 0.29) is 0 Å². The van der Waals surface area contributed by atoms with Gasteiger partial charge < -0.3 is 4.74 Å². The predicted molar refractivity (Wildman–Crippen MR) is 99.2 cm³/mol. The van der Waals surface area contributed by atoms with E-state index >= 15 is 0 Å². The zero-order valence-electron chi connectivity index (χ0n) is 13.4. The Morgan fingerprint density at radius 2 is 1.42 bits per heavy atom. The Morgan fingerprint density at radius 3 is 2.17 bits per heavy atom. The first-order valence-corrected chi connectivity index (χ1v) is 7.94. The van der Waals surface area contributed by atoms with E-state index in [0.717, 1.165) is 27.8 Å². The summed E-state index contributed by atoms with van der Waals surface area (Å²) in [4.78, 5) is 4.66. The van der Waals surface area contributed by atoms with Crippen LogP contribution in [0.15, 0.2) is 85.1 Å². The Hall–Kier alpha value is -3.13. The summed E-state index contributed by atoms with van der Waals surface area (Å²) < 4.78 is 5.27. The van der Waals surface area contributed by atoms with E-state index in [1.807, 2.05) is 30.5 Å². The number of nitrogens with zero attached hydrogens (tertiary/aromatic N) is 1. The number of methoxy groups -OCH3 is 1. The van der Waals surface area contributed by atoms with Crippen LogP contribution in [0.5, 0.6) is 5.75 Å². The van der Waals surface area contributed by atoms with Gasteiger partial charge in [-0.2, -0.15) is 0 Å². The maximum atomic E-state index is 5.27. The molecule has 1 aromatic heterocycles. The smallest absolute Gasteiger partial charge is 0.118 e. The van der Waals surface area contributed by atoms with E-state index in [1.54, 1.807) is 7.11 Å². The van der Waals surface area contributed by atoms with Gasteiger partial charge in [0.1, 0.15) is 5.75 Å². The Labute approximate surface area is 141 Å². The molecule has 0 aliphatic carbocycles. The van der Waals surface area contributed by atoms with E-state index < -0.39 is 0 Å². The topological polar surface area (TPSA) is 22.1 Å². The van der Waals surface area contributed by atoms with Gasteiger partial charge in [-0.15, -0.1) is 0 Å². The molecule has 0 N–H and O–H groups in total. The summed E-state index contributed by atoms with van der Waals surface area (Å²) in [5.74, 6) is 0.855. The number of para-hydroxylation sites is 1. The molecule has 0 radical (unpaired) electrons. The monoisotopic (exact) mass is 311 g/mol. The molecule has 0 saturated carbocycles. The third-order valence-electron chi connectivity index (χ3n) is 4.24. The summed E-state index contributed by atoms with van der Waals surface area (Å²) in [5, 5.41) is 1.16. The van der Waals surface area contributed by atoms with Crippen LogP contribution in [-0.2, 0) is 0 Å². The third kappa shape index (κ3) is 2.52. The first-order valence-electron chi connectivity index (χ1n) is 7.94. The van der Waals surface area contributed by atoms with Gasteiger partial charge in [0, 0.05) is 22.7 Å². The summed E-state index contributed by atoms with van der Waals surface area (Å²) in [7, 11) is 1.68. The molecule has 0 saturated heterocycles. The normalized spacial score (nSPS) is 10.7. The lowest BCUT2D eigenvalue weighted by Crippen LogP contribution is -1.91. The molecule has 2 heteroatoms. The average Bonchev–Trinajstić information content (AvgIpc) is 2.68. The molecule has 0 amide bonds. The summed E-state index contributed by atoms with van der Waals surface area (Å²) in [6.07, 6.45) is 1.96. The molecule has 0 atom stereocenters. The number of fused-ring (bicyclic) bond motifs is 1. The fourth-order valence-corrected chi connectivity index (χ4v) is 3.05.